The van der Waals surface area contributed by atoms with Crippen molar-refractivity contribution in [1.82, 2.24) is 0 Å². The van der Waals surface area contributed by atoms with Gasteiger partial charge in [0.15, 0.2) is 0 Å². The molecule has 1 aliphatic rings. The van der Waals surface area contributed by atoms with E-state index in [9.17, 15) is 0 Å². The van der Waals surface area contributed by atoms with E-state index in [0.717, 1.165) is 6.54 Å². The smallest absolute Gasteiger partial charge is 0.0552 e. The van der Waals surface area contributed by atoms with Crippen LogP contribution in [0.2, 0.25) is 0 Å². The quantitative estimate of drug-likeness (QED) is 0.717. The Hall–Kier alpha value is -1.41. The van der Waals surface area contributed by atoms with Crippen LogP contribution in [0.5, 0.6) is 0 Å². The topological polar surface area (TPSA) is 3.24 Å². The van der Waals surface area contributed by atoms with Gasteiger partial charge in [0.25, 0.3) is 0 Å². The molecule has 86 valence electrons. The molecule has 0 fully saturated rings. The fourth-order valence-electron chi connectivity index (χ4n) is 2.28. The third-order valence-electron chi connectivity index (χ3n) is 3.10. The highest BCUT2D eigenvalue weighted by molar-refractivity contribution is 7.99. The zero-order valence-corrected chi connectivity index (χ0v) is 10.9. The van der Waals surface area contributed by atoms with Crippen molar-refractivity contribution in [2.45, 2.75) is 23.6 Å². The van der Waals surface area contributed by atoms with Gasteiger partial charge in [0.1, 0.15) is 0 Å². The zero-order valence-electron chi connectivity index (χ0n) is 10.1. The van der Waals surface area contributed by atoms with Gasteiger partial charge in [-0.2, -0.15) is 0 Å². The fourth-order valence-corrected chi connectivity index (χ4v) is 3.48. The number of aryl methyl sites for hydroxylation is 1. The molecular weight excluding hydrogens is 226 g/mol. The molecule has 0 aliphatic carbocycles. The average molecular weight is 241 g/mol. The highest BCUT2D eigenvalue weighted by atomic mass is 32.2. The van der Waals surface area contributed by atoms with Crippen LogP contribution >= 0.6 is 11.8 Å². The Morgan fingerprint density at radius 3 is 2.59 bits per heavy atom. The van der Waals surface area contributed by atoms with Crippen LogP contribution in [0, 0.1) is 6.92 Å². The maximum Gasteiger partial charge on any atom is 0.0552 e. The highest BCUT2D eigenvalue weighted by Crippen LogP contribution is 2.47. The lowest BCUT2D eigenvalue weighted by atomic mass is 10.2. The predicted molar refractivity (Wildman–Crippen MR) is 74.4 cm³/mol. The summed E-state index contributed by atoms with van der Waals surface area (Å²) in [6, 6.07) is 15.3. The number of fused-ring (bicyclic) bond motifs is 2. The molecule has 2 aromatic rings. The van der Waals surface area contributed by atoms with Gasteiger partial charge in [0.2, 0.25) is 0 Å². The van der Waals surface area contributed by atoms with E-state index in [1.165, 1.54) is 26.7 Å². The summed E-state index contributed by atoms with van der Waals surface area (Å²) in [7, 11) is 0. The third-order valence-corrected chi connectivity index (χ3v) is 4.21. The fraction of sp³-hybridized carbons (Fsp3) is 0.200. The molecule has 2 heteroatoms. The summed E-state index contributed by atoms with van der Waals surface area (Å²) in [6.45, 7) is 5.36. The molecule has 0 bridgehead atoms. The van der Waals surface area contributed by atoms with Crippen LogP contribution in [0.3, 0.4) is 0 Å². The van der Waals surface area contributed by atoms with Crippen molar-refractivity contribution in [1.29, 1.82) is 0 Å². The summed E-state index contributed by atoms with van der Waals surface area (Å²) in [4.78, 5) is 5.11. The van der Waals surface area contributed by atoms with Crippen molar-refractivity contribution in [2.24, 2.45) is 0 Å². The van der Waals surface area contributed by atoms with Crippen molar-refractivity contribution in [3.8, 4) is 0 Å². The third kappa shape index (κ3) is 1.73. The van der Waals surface area contributed by atoms with Gasteiger partial charge in [-0.25, -0.2) is 0 Å². The largest absolute Gasteiger partial charge is 0.340 e. The summed E-state index contributed by atoms with van der Waals surface area (Å²) in [5.74, 6) is 0. The monoisotopic (exact) mass is 241 g/mol. The van der Waals surface area contributed by atoms with Gasteiger partial charge < -0.3 is 4.90 Å². The average Bonchev–Trinajstić information content (AvgIpc) is 2.35. The minimum Gasteiger partial charge on any atom is -0.340 e. The standard InChI is InChI=1S/C15H15NS/c1-3-16-12-6-4-5-7-14(12)17-15-10-11(2)8-9-13(15)16/h4-10H,3H2,1-2H3. The van der Waals surface area contributed by atoms with Crippen LogP contribution in [0.15, 0.2) is 52.3 Å². The zero-order chi connectivity index (χ0) is 11.8. The number of hydrogen-bond donors (Lipinski definition) is 0. The van der Waals surface area contributed by atoms with Gasteiger partial charge in [0, 0.05) is 16.3 Å². The first-order chi connectivity index (χ1) is 8.29. The van der Waals surface area contributed by atoms with Gasteiger partial charge in [-0.05, 0) is 43.7 Å². The van der Waals surface area contributed by atoms with Gasteiger partial charge >= 0.3 is 0 Å². The van der Waals surface area contributed by atoms with Crippen LogP contribution in [-0.2, 0) is 0 Å². The highest BCUT2D eigenvalue weighted by Gasteiger charge is 2.21. The molecule has 1 nitrogen and oxygen atoms in total. The Morgan fingerprint density at radius 1 is 1.00 bits per heavy atom. The SMILES string of the molecule is CCN1c2ccccc2Sc2cc(C)ccc21. The number of para-hydroxylation sites is 1. The molecule has 0 radical (unpaired) electrons. The van der Waals surface area contributed by atoms with Gasteiger partial charge in [-0.15, -0.1) is 0 Å². The molecule has 2 aromatic carbocycles. The lowest BCUT2D eigenvalue weighted by Gasteiger charge is -2.32. The Morgan fingerprint density at radius 2 is 1.76 bits per heavy atom. The van der Waals surface area contributed by atoms with E-state index in [1.54, 1.807) is 0 Å². The maximum atomic E-state index is 2.39. The van der Waals surface area contributed by atoms with Crippen LogP contribution in [-0.4, -0.2) is 6.54 Å². The summed E-state index contributed by atoms with van der Waals surface area (Å²) in [5, 5.41) is 0. The van der Waals surface area contributed by atoms with Crippen molar-refractivity contribution in [2.75, 3.05) is 11.4 Å². The van der Waals surface area contributed by atoms with Crippen molar-refractivity contribution >= 4 is 23.1 Å². The second-order valence-corrected chi connectivity index (χ2v) is 5.37. The molecule has 1 heterocycles. The second-order valence-electron chi connectivity index (χ2n) is 4.29. The normalized spacial score (nSPS) is 13.2. The Labute approximate surface area is 106 Å². The first kappa shape index (κ1) is 10.7. The molecule has 0 saturated heterocycles. The summed E-state index contributed by atoms with van der Waals surface area (Å²) < 4.78 is 0. The van der Waals surface area contributed by atoms with Gasteiger partial charge in [-0.3, -0.25) is 0 Å². The number of nitrogens with zero attached hydrogens (tertiary/aromatic N) is 1. The molecule has 3 rings (SSSR count). The van der Waals surface area contributed by atoms with Crippen molar-refractivity contribution in [3.63, 3.8) is 0 Å². The molecule has 0 atom stereocenters. The Balaban J connectivity index is 2.18. The van der Waals surface area contributed by atoms with Crippen LogP contribution in [0.25, 0.3) is 0 Å². The minimum absolute atomic E-state index is 1.01. The predicted octanol–water partition coefficient (Wildman–Crippen LogP) is 4.62. The first-order valence-corrected chi connectivity index (χ1v) is 6.76. The van der Waals surface area contributed by atoms with Gasteiger partial charge in [0.05, 0.1) is 11.4 Å². The molecule has 0 aromatic heterocycles. The van der Waals surface area contributed by atoms with E-state index in [0.29, 0.717) is 0 Å². The molecule has 1 aliphatic heterocycles. The van der Waals surface area contributed by atoms with E-state index in [2.05, 4.69) is 61.2 Å². The second kappa shape index (κ2) is 4.11. The van der Waals surface area contributed by atoms with E-state index >= 15 is 0 Å². The Bertz CT molecular complexity index is 563. The maximum absolute atomic E-state index is 2.39. The molecule has 0 spiro atoms. The lowest BCUT2D eigenvalue weighted by molar-refractivity contribution is 0.977. The van der Waals surface area contributed by atoms with Crippen LogP contribution < -0.4 is 4.90 Å². The number of anilines is 2. The number of benzene rings is 2. The summed E-state index contributed by atoms with van der Waals surface area (Å²) in [6.07, 6.45) is 0. The molecule has 0 unspecified atom stereocenters. The van der Waals surface area contributed by atoms with Crippen molar-refractivity contribution in [3.05, 3.63) is 48.0 Å². The molecule has 17 heavy (non-hydrogen) atoms. The summed E-state index contributed by atoms with van der Waals surface area (Å²) >= 11 is 1.87. The summed E-state index contributed by atoms with van der Waals surface area (Å²) in [5.41, 5.74) is 3.99. The van der Waals surface area contributed by atoms with E-state index in [-0.39, 0.29) is 0 Å². The van der Waals surface area contributed by atoms with Crippen LogP contribution in [0.1, 0.15) is 12.5 Å². The lowest BCUT2D eigenvalue weighted by Crippen LogP contribution is -2.19. The molecular formula is C15H15NS. The number of rotatable bonds is 1. The van der Waals surface area contributed by atoms with E-state index in [4.69, 9.17) is 0 Å². The molecule has 0 N–H and O–H groups in total. The minimum atomic E-state index is 1.01. The molecule has 0 saturated carbocycles. The van der Waals surface area contributed by atoms with E-state index in [1.807, 2.05) is 11.8 Å². The first-order valence-electron chi connectivity index (χ1n) is 5.94. The van der Waals surface area contributed by atoms with Gasteiger partial charge in [-0.1, -0.05) is 30.0 Å². The van der Waals surface area contributed by atoms with Crippen molar-refractivity contribution < 1.29 is 0 Å². The van der Waals surface area contributed by atoms with Crippen LogP contribution in [0.4, 0.5) is 11.4 Å². The molecule has 0 amide bonds. The number of hydrogen-bond acceptors (Lipinski definition) is 2. The van der Waals surface area contributed by atoms with E-state index < -0.39 is 0 Å². The Kier molecular flexibility index (Phi) is 2.60.